The number of rotatable bonds is 5. The van der Waals surface area contributed by atoms with Gasteiger partial charge in [0.25, 0.3) is 0 Å². The normalized spacial score (nSPS) is 19.6. The Labute approximate surface area is 191 Å². The maximum atomic E-state index is 11.9. The first kappa shape index (κ1) is 22.5. The number of hydrogen-bond acceptors (Lipinski definition) is 4. The van der Waals surface area contributed by atoms with Gasteiger partial charge < -0.3 is 9.30 Å². The smallest absolute Gasteiger partial charge is 0.337 e. The van der Waals surface area contributed by atoms with Gasteiger partial charge >= 0.3 is 5.97 Å². The molecule has 1 saturated heterocycles. The fraction of sp³-hybridized carbons (Fsp3) is 0.481. The molecule has 170 valence electrons. The molecule has 0 saturated carbocycles. The van der Waals surface area contributed by atoms with Gasteiger partial charge in [-0.25, -0.2) is 9.78 Å². The van der Waals surface area contributed by atoms with Crippen LogP contribution in [0, 0.1) is 0 Å². The zero-order chi connectivity index (χ0) is 23.1. The van der Waals surface area contributed by atoms with Crippen molar-refractivity contribution in [1.29, 1.82) is 0 Å². The zero-order valence-electron chi connectivity index (χ0n) is 20.2. The minimum Gasteiger partial charge on any atom is -0.465 e. The summed E-state index contributed by atoms with van der Waals surface area (Å²) in [5, 5.41) is 0. The Hall–Kier alpha value is -2.66. The van der Waals surface area contributed by atoms with Gasteiger partial charge in [0.2, 0.25) is 0 Å². The molecule has 3 aromatic rings. The first-order chi connectivity index (χ1) is 15.1. The summed E-state index contributed by atoms with van der Waals surface area (Å²) in [6.45, 7) is 11.0. The quantitative estimate of drug-likeness (QED) is 0.515. The topological polar surface area (TPSA) is 47.4 Å². The number of aromatic nitrogens is 2. The lowest BCUT2D eigenvalue weighted by Gasteiger charge is -2.35. The fourth-order valence-electron chi connectivity index (χ4n) is 4.92. The molecule has 2 aromatic carbocycles. The molecule has 0 spiro atoms. The highest BCUT2D eigenvalue weighted by Gasteiger charge is 2.37. The number of hydrogen-bond donors (Lipinski definition) is 0. The molecule has 1 aromatic heterocycles. The first-order valence-electron chi connectivity index (χ1n) is 11.5. The number of methoxy groups -OCH3 is 1. The lowest BCUT2D eigenvalue weighted by atomic mass is 9.85. The molecule has 0 aliphatic carbocycles. The maximum absolute atomic E-state index is 11.9. The van der Waals surface area contributed by atoms with E-state index in [0.29, 0.717) is 5.56 Å². The van der Waals surface area contributed by atoms with Crippen LogP contribution in [0.3, 0.4) is 0 Å². The third-order valence-corrected chi connectivity index (χ3v) is 7.04. The number of aryl methyl sites for hydroxylation is 1. The van der Waals surface area contributed by atoms with Crippen LogP contribution in [0.25, 0.3) is 11.0 Å². The minimum absolute atomic E-state index is 0.110. The van der Waals surface area contributed by atoms with Gasteiger partial charge in [-0.1, -0.05) is 45.0 Å². The lowest BCUT2D eigenvalue weighted by Crippen LogP contribution is -2.42. The predicted octanol–water partition coefficient (Wildman–Crippen LogP) is 5.25. The molecule has 0 N–H and O–H groups in total. The molecule has 1 fully saturated rings. The van der Waals surface area contributed by atoms with Gasteiger partial charge in [-0.05, 0) is 67.5 Å². The second kappa shape index (κ2) is 8.36. The molecule has 1 atom stereocenters. The van der Waals surface area contributed by atoms with Gasteiger partial charge in [0.15, 0.2) is 0 Å². The van der Waals surface area contributed by atoms with Gasteiger partial charge in [0.1, 0.15) is 5.82 Å². The molecule has 0 radical (unpaired) electrons. The highest BCUT2D eigenvalue weighted by atomic mass is 16.5. The standard InChI is InChI=1S/C27H35N3O2/c1-26(2,3)21-11-8-19(9-12-21)17-27(4)14-7-15-30(27)18-24-28-22-16-20(25(31)32-6)10-13-23(22)29(24)5/h8-13,16H,7,14-15,17-18H2,1-6H3. The first-order valence-corrected chi connectivity index (χ1v) is 11.5. The van der Waals surface area contributed by atoms with E-state index in [1.807, 2.05) is 12.1 Å². The molecule has 1 aliphatic heterocycles. The van der Waals surface area contributed by atoms with Crippen LogP contribution in [-0.4, -0.2) is 39.6 Å². The Morgan fingerprint density at radius 2 is 1.88 bits per heavy atom. The highest BCUT2D eigenvalue weighted by Crippen LogP contribution is 2.34. The van der Waals surface area contributed by atoms with Crippen LogP contribution in [0.15, 0.2) is 42.5 Å². The Kier molecular flexibility index (Phi) is 5.89. The number of ether oxygens (including phenoxy) is 1. The van der Waals surface area contributed by atoms with Gasteiger partial charge in [-0.15, -0.1) is 0 Å². The van der Waals surface area contributed by atoms with E-state index < -0.39 is 0 Å². The third-order valence-electron chi connectivity index (χ3n) is 7.04. The van der Waals surface area contributed by atoms with Crippen LogP contribution in [0.5, 0.6) is 0 Å². The van der Waals surface area contributed by atoms with Crippen LogP contribution in [0.2, 0.25) is 0 Å². The van der Waals surface area contributed by atoms with Crippen molar-refractivity contribution in [2.24, 2.45) is 7.05 Å². The Balaban J connectivity index is 1.55. The summed E-state index contributed by atoms with van der Waals surface area (Å²) in [6, 6.07) is 14.7. The Bertz CT molecular complexity index is 1120. The predicted molar refractivity (Wildman–Crippen MR) is 129 cm³/mol. The van der Waals surface area contributed by atoms with Crippen LogP contribution >= 0.6 is 0 Å². The molecule has 5 heteroatoms. The minimum atomic E-state index is -0.330. The van der Waals surface area contributed by atoms with Crippen molar-refractivity contribution in [2.45, 2.75) is 64.5 Å². The number of likely N-dealkylation sites (tertiary alicyclic amines) is 1. The molecular weight excluding hydrogens is 398 g/mol. The highest BCUT2D eigenvalue weighted by molar-refractivity contribution is 5.93. The zero-order valence-corrected chi connectivity index (χ0v) is 20.2. The van der Waals surface area contributed by atoms with E-state index in [2.05, 4.69) is 68.5 Å². The van der Waals surface area contributed by atoms with Crippen molar-refractivity contribution in [3.63, 3.8) is 0 Å². The maximum Gasteiger partial charge on any atom is 0.337 e. The van der Waals surface area contributed by atoms with Gasteiger partial charge in [0.05, 0.1) is 30.3 Å². The van der Waals surface area contributed by atoms with Crippen molar-refractivity contribution in [3.05, 3.63) is 65.0 Å². The summed E-state index contributed by atoms with van der Waals surface area (Å²) in [5.74, 6) is 0.696. The molecule has 5 nitrogen and oxygen atoms in total. The molecule has 1 aliphatic rings. The van der Waals surface area contributed by atoms with Crippen molar-refractivity contribution >= 4 is 17.0 Å². The number of fused-ring (bicyclic) bond motifs is 1. The molecule has 2 heterocycles. The molecule has 0 amide bonds. The van der Waals surface area contributed by atoms with E-state index >= 15 is 0 Å². The lowest BCUT2D eigenvalue weighted by molar-refractivity contribution is 0.0601. The molecule has 4 rings (SSSR count). The van der Waals surface area contributed by atoms with E-state index in [9.17, 15) is 4.79 Å². The fourth-order valence-corrected chi connectivity index (χ4v) is 4.92. The largest absolute Gasteiger partial charge is 0.465 e. The van der Waals surface area contributed by atoms with E-state index in [0.717, 1.165) is 36.4 Å². The number of carbonyl (C=O) groups is 1. The summed E-state index contributed by atoms with van der Waals surface area (Å²) in [7, 11) is 3.46. The van der Waals surface area contributed by atoms with Crippen LogP contribution in [-0.2, 0) is 30.2 Å². The Morgan fingerprint density at radius 1 is 1.16 bits per heavy atom. The van der Waals surface area contributed by atoms with Gasteiger partial charge in [0, 0.05) is 12.6 Å². The van der Waals surface area contributed by atoms with E-state index in [1.165, 1.54) is 31.1 Å². The van der Waals surface area contributed by atoms with E-state index in [-0.39, 0.29) is 16.9 Å². The average molecular weight is 434 g/mol. The van der Waals surface area contributed by atoms with E-state index in [1.54, 1.807) is 6.07 Å². The van der Waals surface area contributed by atoms with Crippen molar-refractivity contribution in [2.75, 3.05) is 13.7 Å². The summed E-state index contributed by atoms with van der Waals surface area (Å²) < 4.78 is 7.00. The summed E-state index contributed by atoms with van der Waals surface area (Å²) >= 11 is 0. The number of carbonyl (C=O) groups excluding carboxylic acids is 1. The average Bonchev–Trinajstić information content (AvgIpc) is 3.26. The summed E-state index contributed by atoms with van der Waals surface area (Å²) in [5.41, 5.74) is 5.46. The second-order valence-corrected chi connectivity index (χ2v) is 10.4. The van der Waals surface area contributed by atoms with Gasteiger partial charge in [-0.3, -0.25) is 4.90 Å². The number of benzene rings is 2. The molecular formula is C27H35N3O2. The van der Waals surface area contributed by atoms with Crippen molar-refractivity contribution in [3.8, 4) is 0 Å². The number of imidazole rings is 1. The summed E-state index contributed by atoms with van der Waals surface area (Å²) in [6.07, 6.45) is 3.42. The SMILES string of the molecule is COC(=O)c1ccc2c(c1)nc(CN1CCCC1(C)Cc1ccc(C(C)(C)C)cc1)n2C. The van der Waals surface area contributed by atoms with Crippen molar-refractivity contribution in [1.82, 2.24) is 14.5 Å². The number of esters is 1. The monoisotopic (exact) mass is 433 g/mol. The van der Waals surface area contributed by atoms with Crippen LogP contribution in [0.1, 0.15) is 67.8 Å². The molecule has 0 bridgehead atoms. The summed E-state index contributed by atoms with van der Waals surface area (Å²) in [4.78, 5) is 19.4. The number of nitrogens with zero attached hydrogens (tertiary/aromatic N) is 3. The molecule has 1 unspecified atom stereocenters. The van der Waals surface area contributed by atoms with Gasteiger partial charge in [-0.2, -0.15) is 0 Å². The van der Waals surface area contributed by atoms with Crippen LogP contribution in [0.4, 0.5) is 0 Å². The van der Waals surface area contributed by atoms with E-state index in [4.69, 9.17) is 9.72 Å². The molecule has 32 heavy (non-hydrogen) atoms. The van der Waals surface area contributed by atoms with Crippen LogP contribution < -0.4 is 0 Å². The van der Waals surface area contributed by atoms with Crippen molar-refractivity contribution < 1.29 is 9.53 Å². The Morgan fingerprint density at radius 3 is 2.53 bits per heavy atom. The third kappa shape index (κ3) is 4.31. The second-order valence-electron chi connectivity index (χ2n) is 10.4.